The molecule has 2 atom stereocenters. The lowest BCUT2D eigenvalue weighted by Gasteiger charge is -2.33. The highest BCUT2D eigenvalue weighted by Gasteiger charge is 2.26. The van der Waals surface area contributed by atoms with Crippen LogP contribution in [0, 0.1) is 0 Å². The number of para-hydroxylation sites is 1. The van der Waals surface area contributed by atoms with Crippen molar-refractivity contribution in [2.75, 3.05) is 11.4 Å². The minimum Gasteiger partial charge on any atom is -0.327 e. The maximum Gasteiger partial charge on any atom is 0.228 e. The molecule has 0 fully saturated rings. The first-order chi connectivity index (χ1) is 8.09. The van der Waals surface area contributed by atoms with E-state index in [9.17, 15) is 4.79 Å². The third kappa shape index (κ3) is 2.50. The van der Waals surface area contributed by atoms with Crippen LogP contribution in [0.1, 0.15) is 38.2 Å². The number of amides is 1. The largest absolute Gasteiger partial charge is 0.327 e. The predicted octanol–water partition coefficient (Wildman–Crippen LogP) is 2.26. The predicted molar refractivity (Wildman–Crippen MR) is 70.1 cm³/mol. The molecule has 1 heterocycles. The molecule has 1 amide bonds. The molecule has 3 nitrogen and oxygen atoms in total. The minimum atomic E-state index is -0.0750. The van der Waals surface area contributed by atoms with Crippen LogP contribution in [0.15, 0.2) is 24.3 Å². The van der Waals surface area contributed by atoms with Gasteiger partial charge in [0.05, 0.1) is 0 Å². The second kappa shape index (κ2) is 4.88. The molecule has 2 rings (SSSR count). The second-order valence-corrected chi connectivity index (χ2v) is 4.98. The minimum absolute atomic E-state index is 0.0750. The van der Waals surface area contributed by atoms with Gasteiger partial charge in [-0.3, -0.25) is 4.79 Å². The Morgan fingerprint density at radius 1 is 1.53 bits per heavy atom. The van der Waals surface area contributed by atoms with Gasteiger partial charge in [-0.25, -0.2) is 0 Å². The number of nitrogens with two attached hydrogens (primary N) is 1. The van der Waals surface area contributed by atoms with Gasteiger partial charge in [0.25, 0.3) is 0 Å². The van der Waals surface area contributed by atoms with Gasteiger partial charge in [-0.1, -0.05) is 25.1 Å². The first-order valence-corrected chi connectivity index (χ1v) is 6.24. The number of rotatable bonds is 2. The highest BCUT2D eigenvalue weighted by atomic mass is 16.2. The maximum atomic E-state index is 12.1. The highest BCUT2D eigenvalue weighted by Crippen LogP contribution is 2.34. The molecule has 0 aromatic heterocycles. The first kappa shape index (κ1) is 12.1. The molecule has 0 saturated heterocycles. The maximum absolute atomic E-state index is 12.1. The third-order valence-electron chi connectivity index (χ3n) is 3.34. The molecule has 92 valence electrons. The summed E-state index contributed by atoms with van der Waals surface area (Å²) in [6.07, 6.45) is 1.45. The summed E-state index contributed by atoms with van der Waals surface area (Å²) >= 11 is 0. The number of hydrogen-bond donors (Lipinski definition) is 1. The summed E-state index contributed by atoms with van der Waals surface area (Å²) in [6, 6.07) is 8.10. The summed E-state index contributed by atoms with van der Waals surface area (Å²) < 4.78 is 0. The summed E-state index contributed by atoms with van der Waals surface area (Å²) in [6.45, 7) is 4.90. The normalized spacial score (nSPS) is 20.9. The molecule has 2 unspecified atom stereocenters. The summed E-state index contributed by atoms with van der Waals surface area (Å²) in [5.41, 5.74) is 8.04. The smallest absolute Gasteiger partial charge is 0.228 e. The van der Waals surface area contributed by atoms with Crippen LogP contribution in [0.5, 0.6) is 0 Å². The van der Waals surface area contributed by atoms with Crippen molar-refractivity contribution in [1.82, 2.24) is 0 Å². The van der Waals surface area contributed by atoms with E-state index in [4.69, 9.17) is 5.73 Å². The standard InChI is InChI=1S/C14H20N2O/c1-10-7-8-16(14(17)9-11(2)15)13-6-4-3-5-12(10)13/h3-6,10-11H,7-9,15H2,1-2H3. The highest BCUT2D eigenvalue weighted by molar-refractivity contribution is 5.95. The lowest BCUT2D eigenvalue weighted by Crippen LogP contribution is -2.38. The molecule has 0 radical (unpaired) electrons. The molecular formula is C14H20N2O. The molecule has 1 aliphatic heterocycles. The van der Waals surface area contributed by atoms with Gasteiger partial charge in [-0.05, 0) is 30.9 Å². The average molecular weight is 232 g/mol. The van der Waals surface area contributed by atoms with Crippen LogP contribution in [-0.4, -0.2) is 18.5 Å². The van der Waals surface area contributed by atoms with Crippen LogP contribution >= 0.6 is 0 Å². The van der Waals surface area contributed by atoms with E-state index in [0.29, 0.717) is 12.3 Å². The molecule has 1 aliphatic rings. The molecule has 0 saturated carbocycles. The van der Waals surface area contributed by atoms with Crippen molar-refractivity contribution in [3.05, 3.63) is 29.8 Å². The van der Waals surface area contributed by atoms with Gasteiger partial charge in [0.2, 0.25) is 5.91 Å². The van der Waals surface area contributed by atoms with Crippen LogP contribution in [0.4, 0.5) is 5.69 Å². The van der Waals surface area contributed by atoms with Gasteiger partial charge >= 0.3 is 0 Å². The Labute approximate surface area is 103 Å². The van der Waals surface area contributed by atoms with E-state index in [1.165, 1.54) is 5.56 Å². The number of carbonyl (C=O) groups is 1. The van der Waals surface area contributed by atoms with Crippen molar-refractivity contribution in [1.29, 1.82) is 0 Å². The molecule has 17 heavy (non-hydrogen) atoms. The van der Waals surface area contributed by atoms with Crippen LogP contribution in [0.3, 0.4) is 0 Å². The van der Waals surface area contributed by atoms with Crippen LogP contribution in [0.25, 0.3) is 0 Å². The van der Waals surface area contributed by atoms with Gasteiger partial charge in [-0.15, -0.1) is 0 Å². The monoisotopic (exact) mass is 232 g/mol. The number of hydrogen-bond acceptors (Lipinski definition) is 2. The van der Waals surface area contributed by atoms with E-state index in [1.54, 1.807) is 0 Å². The molecule has 1 aromatic carbocycles. The van der Waals surface area contributed by atoms with Crippen LogP contribution in [-0.2, 0) is 4.79 Å². The zero-order valence-electron chi connectivity index (χ0n) is 10.5. The van der Waals surface area contributed by atoms with Crippen molar-refractivity contribution >= 4 is 11.6 Å². The number of anilines is 1. The number of benzene rings is 1. The molecular weight excluding hydrogens is 212 g/mol. The fraction of sp³-hybridized carbons (Fsp3) is 0.500. The number of carbonyl (C=O) groups excluding carboxylic acids is 1. The Morgan fingerprint density at radius 3 is 2.94 bits per heavy atom. The first-order valence-electron chi connectivity index (χ1n) is 6.24. The Kier molecular flexibility index (Phi) is 3.48. The van der Waals surface area contributed by atoms with E-state index in [-0.39, 0.29) is 11.9 Å². The molecule has 0 spiro atoms. The van der Waals surface area contributed by atoms with Crippen molar-refractivity contribution < 1.29 is 4.79 Å². The second-order valence-electron chi connectivity index (χ2n) is 4.98. The Morgan fingerprint density at radius 2 is 2.24 bits per heavy atom. The molecule has 0 aliphatic carbocycles. The lowest BCUT2D eigenvalue weighted by atomic mass is 9.91. The molecule has 1 aromatic rings. The Hall–Kier alpha value is -1.35. The van der Waals surface area contributed by atoms with Gasteiger partial charge < -0.3 is 10.6 Å². The van der Waals surface area contributed by atoms with Crippen LogP contribution < -0.4 is 10.6 Å². The summed E-state index contributed by atoms with van der Waals surface area (Å²) in [5, 5.41) is 0. The van der Waals surface area contributed by atoms with Crippen LogP contribution in [0.2, 0.25) is 0 Å². The van der Waals surface area contributed by atoms with E-state index < -0.39 is 0 Å². The average Bonchev–Trinajstić information content (AvgIpc) is 2.29. The van der Waals surface area contributed by atoms with Gasteiger partial charge in [0, 0.05) is 24.7 Å². The molecule has 3 heteroatoms. The summed E-state index contributed by atoms with van der Waals surface area (Å²) in [7, 11) is 0. The van der Waals surface area contributed by atoms with Gasteiger partial charge in [0.1, 0.15) is 0 Å². The summed E-state index contributed by atoms with van der Waals surface area (Å²) in [4.78, 5) is 14.0. The fourth-order valence-corrected chi connectivity index (χ4v) is 2.39. The quantitative estimate of drug-likeness (QED) is 0.850. The molecule has 2 N–H and O–H groups in total. The van der Waals surface area contributed by atoms with E-state index in [0.717, 1.165) is 18.7 Å². The topological polar surface area (TPSA) is 46.3 Å². The fourth-order valence-electron chi connectivity index (χ4n) is 2.39. The van der Waals surface area contributed by atoms with E-state index in [1.807, 2.05) is 30.0 Å². The zero-order chi connectivity index (χ0) is 12.4. The SMILES string of the molecule is CC(N)CC(=O)N1CCC(C)c2ccccc21. The Bertz CT molecular complexity index is 414. The van der Waals surface area contributed by atoms with Gasteiger partial charge in [0.15, 0.2) is 0 Å². The van der Waals surface area contributed by atoms with Crippen molar-refractivity contribution in [2.24, 2.45) is 5.73 Å². The van der Waals surface area contributed by atoms with E-state index in [2.05, 4.69) is 13.0 Å². The third-order valence-corrected chi connectivity index (χ3v) is 3.34. The van der Waals surface area contributed by atoms with Crippen molar-refractivity contribution in [3.8, 4) is 0 Å². The van der Waals surface area contributed by atoms with Crippen molar-refractivity contribution in [2.45, 2.75) is 38.6 Å². The lowest BCUT2D eigenvalue weighted by molar-refractivity contribution is -0.118. The Balaban J connectivity index is 2.27. The number of nitrogens with zero attached hydrogens (tertiary/aromatic N) is 1. The van der Waals surface area contributed by atoms with Gasteiger partial charge in [-0.2, -0.15) is 0 Å². The van der Waals surface area contributed by atoms with Crippen molar-refractivity contribution in [3.63, 3.8) is 0 Å². The number of fused-ring (bicyclic) bond motifs is 1. The van der Waals surface area contributed by atoms with E-state index >= 15 is 0 Å². The summed E-state index contributed by atoms with van der Waals surface area (Å²) in [5.74, 6) is 0.671. The molecule has 0 bridgehead atoms. The zero-order valence-corrected chi connectivity index (χ0v) is 10.5.